The van der Waals surface area contributed by atoms with Gasteiger partial charge in [0.15, 0.2) is 12.2 Å². The average molecular weight is 662 g/mol. The van der Waals surface area contributed by atoms with E-state index < -0.39 is 17.4 Å². The van der Waals surface area contributed by atoms with Gasteiger partial charge in [0.05, 0.1) is 31.6 Å². The van der Waals surface area contributed by atoms with Gasteiger partial charge >= 0.3 is 0 Å². The largest absolute Gasteiger partial charge is 0.497 e. The average Bonchev–Trinajstić information content (AvgIpc) is 3.34. The summed E-state index contributed by atoms with van der Waals surface area (Å²) in [5.41, 5.74) is 2.15. The summed E-state index contributed by atoms with van der Waals surface area (Å²) in [5, 5.41) is 21.7. The van der Waals surface area contributed by atoms with Crippen molar-refractivity contribution in [1.29, 1.82) is 0 Å². The topological polar surface area (TPSA) is 120 Å². The standard InChI is InChI=1S/C39H39N3O7/c1-27(9-8-14-36(44)40(21-22-43)24-28-10-4-3-5-11-28)39(47)32-23-31(48-2)19-20-33(32)41(38(39)46)25-29-15-17-30(18-16-29)42-34-12-6-7-13-35(34)49-26-37(42)45/h3-13,15-20,23,27,43,47H,14,21-22,24-26H2,1-2H3/b9-8+/t27-,39+/m1/s1. The van der Waals surface area contributed by atoms with E-state index in [0.29, 0.717) is 40.7 Å². The molecule has 2 atom stereocenters. The minimum absolute atomic E-state index is 0.0403. The summed E-state index contributed by atoms with van der Waals surface area (Å²) in [4.78, 5) is 44.8. The van der Waals surface area contributed by atoms with Gasteiger partial charge in [-0.25, -0.2) is 0 Å². The highest BCUT2D eigenvalue weighted by atomic mass is 16.5. The Balaban J connectivity index is 1.20. The van der Waals surface area contributed by atoms with Crippen LogP contribution in [0.2, 0.25) is 0 Å². The molecule has 0 aliphatic carbocycles. The van der Waals surface area contributed by atoms with E-state index in [9.17, 15) is 24.6 Å². The predicted octanol–water partition coefficient (Wildman–Crippen LogP) is 5.09. The summed E-state index contributed by atoms with van der Waals surface area (Å²) in [7, 11) is 1.52. The maximum absolute atomic E-state index is 14.1. The number of benzene rings is 4. The molecule has 0 spiro atoms. The van der Waals surface area contributed by atoms with E-state index >= 15 is 0 Å². The van der Waals surface area contributed by atoms with Crippen molar-refractivity contribution >= 4 is 34.8 Å². The number of carbonyl (C=O) groups is 3. The van der Waals surface area contributed by atoms with Gasteiger partial charge in [-0.15, -0.1) is 0 Å². The number of fused-ring (bicyclic) bond motifs is 2. The van der Waals surface area contributed by atoms with Crippen molar-refractivity contribution in [1.82, 2.24) is 4.90 Å². The molecular weight excluding hydrogens is 622 g/mol. The number of anilines is 3. The molecule has 4 aromatic carbocycles. The van der Waals surface area contributed by atoms with E-state index in [-0.39, 0.29) is 44.5 Å². The van der Waals surface area contributed by atoms with Crippen molar-refractivity contribution in [3.8, 4) is 11.5 Å². The lowest BCUT2D eigenvalue weighted by atomic mass is 9.83. The van der Waals surface area contributed by atoms with E-state index in [4.69, 9.17) is 9.47 Å². The molecule has 6 rings (SSSR count). The van der Waals surface area contributed by atoms with Gasteiger partial charge in [-0.2, -0.15) is 0 Å². The van der Waals surface area contributed by atoms with Crippen LogP contribution < -0.4 is 19.3 Å². The first kappa shape index (κ1) is 33.5. The molecule has 2 heterocycles. The fraction of sp³-hybridized carbons (Fsp3) is 0.256. The zero-order chi connectivity index (χ0) is 34.5. The lowest BCUT2D eigenvalue weighted by molar-refractivity contribution is -0.139. The Bertz CT molecular complexity index is 1860. The highest BCUT2D eigenvalue weighted by Crippen LogP contribution is 2.47. The van der Waals surface area contributed by atoms with Crippen LogP contribution in [0.3, 0.4) is 0 Å². The smallest absolute Gasteiger partial charge is 0.269 e. The zero-order valence-electron chi connectivity index (χ0n) is 27.5. The van der Waals surface area contributed by atoms with Gasteiger partial charge in [-0.3, -0.25) is 19.3 Å². The third-order valence-electron chi connectivity index (χ3n) is 9.03. The molecule has 4 aromatic rings. The molecule has 10 heteroatoms. The van der Waals surface area contributed by atoms with Crippen LogP contribution in [0, 0.1) is 5.92 Å². The summed E-state index contributed by atoms with van der Waals surface area (Å²) in [6.07, 6.45) is 3.40. The highest BCUT2D eigenvalue weighted by molar-refractivity contribution is 6.07. The Hall–Kier alpha value is -5.45. The Morgan fingerprint density at radius 2 is 1.71 bits per heavy atom. The van der Waals surface area contributed by atoms with Gasteiger partial charge in [0.1, 0.15) is 11.5 Å². The maximum Gasteiger partial charge on any atom is 0.269 e. The molecule has 0 fully saturated rings. The number of aliphatic hydroxyl groups is 2. The molecule has 252 valence electrons. The number of nitrogens with zero attached hydrogens (tertiary/aromatic N) is 3. The molecule has 3 amide bonds. The SMILES string of the molecule is COc1ccc2c(c1)[C@@](O)([C@H](C)/C=C/CC(=O)N(CCO)Cc1ccccc1)C(=O)N2Cc1ccc(N2C(=O)COc3ccccc32)cc1. The number of aliphatic hydroxyl groups excluding tert-OH is 1. The normalized spacial score (nSPS) is 17.5. The van der Waals surface area contributed by atoms with Crippen molar-refractivity contribution in [2.45, 2.75) is 32.0 Å². The first-order valence-corrected chi connectivity index (χ1v) is 16.2. The van der Waals surface area contributed by atoms with E-state index in [1.165, 1.54) is 7.11 Å². The second-order valence-electron chi connectivity index (χ2n) is 12.1. The fourth-order valence-corrected chi connectivity index (χ4v) is 6.39. The van der Waals surface area contributed by atoms with Crippen LogP contribution in [0.25, 0.3) is 0 Å². The van der Waals surface area contributed by atoms with Gasteiger partial charge in [-0.05, 0) is 53.6 Å². The first-order valence-electron chi connectivity index (χ1n) is 16.2. The molecule has 10 nitrogen and oxygen atoms in total. The molecule has 0 bridgehead atoms. The predicted molar refractivity (Wildman–Crippen MR) is 185 cm³/mol. The van der Waals surface area contributed by atoms with Crippen molar-refractivity contribution in [2.75, 3.05) is 36.7 Å². The van der Waals surface area contributed by atoms with Gasteiger partial charge in [0, 0.05) is 36.7 Å². The number of amides is 3. The van der Waals surface area contributed by atoms with Gasteiger partial charge < -0.3 is 29.5 Å². The minimum atomic E-state index is -1.91. The number of methoxy groups -OCH3 is 1. The van der Waals surface area contributed by atoms with Gasteiger partial charge in [0.25, 0.3) is 11.8 Å². The summed E-state index contributed by atoms with van der Waals surface area (Å²) >= 11 is 0. The van der Waals surface area contributed by atoms with Crippen molar-refractivity contribution in [3.63, 3.8) is 0 Å². The lowest BCUT2D eigenvalue weighted by Crippen LogP contribution is -2.44. The number of hydrogen-bond donors (Lipinski definition) is 2. The van der Waals surface area contributed by atoms with Gasteiger partial charge in [0.2, 0.25) is 5.91 Å². The van der Waals surface area contributed by atoms with Crippen LogP contribution in [-0.4, -0.2) is 59.7 Å². The molecule has 0 saturated carbocycles. The van der Waals surface area contributed by atoms with Crippen LogP contribution in [-0.2, 0) is 33.1 Å². The number of carbonyl (C=O) groups excluding carboxylic acids is 3. The molecule has 2 aliphatic rings. The Labute approximate surface area is 285 Å². The number of ether oxygens (including phenoxy) is 2. The fourth-order valence-electron chi connectivity index (χ4n) is 6.39. The second-order valence-corrected chi connectivity index (χ2v) is 12.1. The van der Waals surface area contributed by atoms with E-state index in [2.05, 4.69) is 0 Å². The van der Waals surface area contributed by atoms with Crippen LogP contribution in [0.5, 0.6) is 11.5 Å². The molecule has 2 aliphatic heterocycles. The molecule has 0 unspecified atom stereocenters. The van der Waals surface area contributed by atoms with E-state index in [1.54, 1.807) is 52.0 Å². The third-order valence-corrected chi connectivity index (χ3v) is 9.03. The van der Waals surface area contributed by atoms with Crippen LogP contribution in [0.4, 0.5) is 17.1 Å². The van der Waals surface area contributed by atoms with Crippen molar-refractivity contribution in [3.05, 3.63) is 126 Å². The van der Waals surface area contributed by atoms with E-state index in [0.717, 1.165) is 11.1 Å². The quantitative estimate of drug-likeness (QED) is 0.203. The highest BCUT2D eigenvalue weighted by Gasteiger charge is 2.52. The Morgan fingerprint density at radius 1 is 0.980 bits per heavy atom. The molecule has 0 saturated heterocycles. The summed E-state index contributed by atoms with van der Waals surface area (Å²) < 4.78 is 11.0. The molecule has 0 radical (unpaired) electrons. The Morgan fingerprint density at radius 3 is 2.45 bits per heavy atom. The number of para-hydroxylation sites is 2. The van der Waals surface area contributed by atoms with Crippen molar-refractivity contribution < 1.29 is 34.1 Å². The molecular formula is C39H39N3O7. The van der Waals surface area contributed by atoms with Crippen molar-refractivity contribution in [2.24, 2.45) is 5.92 Å². The van der Waals surface area contributed by atoms with Crippen LogP contribution in [0.1, 0.15) is 30.0 Å². The van der Waals surface area contributed by atoms with E-state index in [1.807, 2.05) is 78.9 Å². The molecule has 2 N–H and O–H groups in total. The molecule has 49 heavy (non-hydrogen) atoms. The number of hydrogen-bond acceptors (Lipinski definition) is 7. The minimum Gasteiger partial charge on any atom is -0.497 e. The molecule has 0 aromatic heterocycles. The number of rotatable bonds is 12. The maximum atomic E-state index is 14.1. The van der Waals surface area contributed by atoms with Crippen LogP contribution >= 0.6 is 0 Å². The first-order chi connectivity index (χ1) is 23.7. The van der Waals surface area contributed by atoms with Crippen LogP contribution in [0.15, 0.2) is 109 Å². The monoisotopic (exact) mass is 661 g/mol. The van der Waals surface area contributed by atoms with Gasteiger partial charge in [-0.1, -0.05) is 73.7 Å². The summed E-state index contributed by atoms with van der Waals surface area (Å²) in [5.74, 6) is -0.429. The zero-order valence-corrected chi connectivity index (χ0v) is 27.5. The Kier molecular flexibility index (Phi) is 9.80. The lowest BCUT2D eigenvalue weighted by Gasteiger charge is -2.29. The third kappa shape index (κ3) is 6.65. The summed E-state index contributed by atoms with van der Waals surface area (Å²) in [6.45, 7) is 2.26. The second kappa shape index (κ2) is 14.3. The summed E-state index contributed by atoms with van der Waals surface area (Å²) in [6, 6.07) is 29.5.